The number of aromatic nitrogens is 2. The lowest BCUT2D eigenvalue weighted by atomic mass is 10.1. The smallest absolute Gasteiger partial charge is 0.378 e. The van der Waals surface area contributed by atoms with E-state index < -0.39 is 17.6 Å². The first-order chi connectivity index (χ1) is 15.9. The van der Waals surface area contributed by atoms with E-state index in [-0.39, 0.29) is 23.6 Å². The van der Waals surface area contributed by atoms with Gasteiger partial charge in [0.05, 0.1) is 24.3 Å². The highest BCUT2D eigenvalue weighted by Crippen LogP contribution is 2.31. The van der Waals surface area contributed by atoms with Gasteiger partial charge in [-0.2, -0.15) is 13.2 Å². The molecule has 1 aliphatic rings. The van der Waals surface area contributed by atoms with Crippen LogP contribution < -0.4 is 15.5 Å². The van der Waals surface area contributed by atoms with Crippen LogP contribution in [0.2, 0.25) is 0 Å². The van der Waals surface area contributed by atoms with E-state index in [0.29, 0.717) is 13.2 Å². The molecule has 33 heavy (non-hydrogen) atoms. The molecule has 172 valence electrons. The Kier molecular flexibility index (Phi) is 6.74. The minimum atomic E-state index is -4.46. The summed E-state index contributed by atoms with van der Waals surface area (Å²) < 4.78 is 44.3. The van der Waals surface area contributed by atoms with Gasteiger partial charge in [0.15, 0.2) is 0 Å². The number of morpholine rings is 1. The summed E-state index contributed by atoms with van der Waals surface area (Å²) in [6.45, 7) is 3.15. The number of hydrogen-bond acceptors (Lipinski definition) is 6. The van der Waals surface area contributed by atoms with E-state index in [9.17, 15) is 18.0 Å². The Morgan fingerprint density at radius 3 is 2.61 bits per heavy atom. The number of carbonyl (C=O) groups excluding carboxylic acids is 1. The summed E-state index contributed by atoms with van der Waals surface area (Å²) in [7, 11) is 0. The molecule has 2 aromatic heterocycles. The standard InChI is InChI=1S/C23H22F3N5O2/c24-23(25,26)17-3-1-4-18(13-17)30-21-19(5-2-8-27-21)22(32)29-15-16-6-7-20(28-14-16)31-9-11-33-12-10-31/h1-8,13-14H,9-12,15H2,(H,27,30)(H,29,32). The second-order valence-corrected chi connectivity index (χ2v) is 7.41. The van der Waals surface area contributed by atoms with Crippen molar-refractivity contribution in [3.05, 3.63) is 77.6 Å². The molecule has 1 aliphatic heterocycles. The highest BCUT2D eigenvalue weighted by atomic mass is 19.4. The third kappa shape index (κ3) is 5.78. The molecule has 1 fully saturated rings. The van der Waals surface area contributed by atoms with Crippen molar-refractivity contribution in [3.8, 4) is 0 Å². The monoisotopic (exact) mass is 457 g/mol. The number of carbonyl (C=O) groups is 1. The molecule has 0 bridgehead atoms. The van der Waals surface area contributed by atoms with E-state index >= 15 is 0 Å². The summed E-state index contributed by atoms with van der Waals surface area (Å²) in [5, 5.41) is 5.61. The van der Waals surface area contributed by atoms with Crippen molar-refractivity contribution >= 4 is 23.2 Å². The Labute approximate surface area is 188 Å². The van der Waals surface area contributed by atoms with Gasteiger partial charge in [-0.3, -0.25) is 4.79 Å². The molecule has 0 radical (unpaired) electrons. The molecular formula is C23H22F3N5O2. The molecular weight excluding hydrogens is 435 g/mol. The Hall–Kier alpha value is -3.66. The molecule has 0 spiro atoms. The molecule has 1 saturated heterocycles. The van der Waals surface area contributed by atoms with Gasteiger partial charge >= 0.3 is 6.18 Å². The Bertz CT molecular complexity index is 1100. The number of pyridine rings is 2. The van der Waals surface area contributed by atoms with E-state index in [1.54, 1.807) is 18.3 Å². The fourth-order valence-electron chi connectivity index (χ4n) is 3.38. The second kappa shape index (κ2) is 9.86. The maximum Gasteiger partial charge on any atom is 0.416 e. The van der Waals surface area contributed by atoms with Crippen molar-refractivity contribution < 1.29 is 22.7 Å². The number of hydrogen-bond donors (Lipinski definition) is 2. The Morgan fingerprint density at radius 2 is 1.88 bits per heavy atom. The summed E-state index contributed by atoms with van der Waals surface area (Å²) in [5.41, 5.74) is 0.424. The molecule has 4 rings (SSSR count). The van der Waals surface area contributed by atoms with Gasteiger partial charge in [0, 0.05) is 37.7 Å². The number of nitrogens with zero attached hydrogens (tertiary/aromatic N) is 3. The maximum absolute atomic E-state index is 13.0. The lowest BCUT2D eigenvalue weighted by Gasteiger charge is -2.27. The summed E-state index contributed by atoms with van der Waals surface area (Å²) in [6.07, 6.45) is -1.30. The number of nitrogens with one attached hydrogen (secondary N) is 2. The van der Waals surface area contributed by atoms with Crippen LogP contribution in [0.25, 0.3) is 0 Å². The molecule has 0 saturated carbocycles. The van der Waals surface area contributed by atoms with Crippen LogP contribution in [0, 0.1) is 0 Å². The molecule has 10 heteroatoms. The fourth-order valence-corrected chi connectivity index (χ4v) is 3.38. The van der Waals surface area contributed by atoms with Gasteiger partial charge in [-0.1, -0.05) is 12.1 Å². The SMILES string of the molecule is O=C(NCc1ccc(N2CCOCC2)nc1)c1cccnc1Nc1cccc(C(F)(F)F)c1. The molecule has 0 unspecified atom stereocenters. The third-order valence-corrected chi connectivity index (χ3v) is 5.10. The Balaban J connectivity index is 1.41. The minimum Gasteiger partial charge on any atom is -0.378 e. The quantitative estimate of drug-likeness (QED) is 0.583. The molecule has 1 aromatic carbocycles. The van der Waals surface area contributed by atoms with Crippen molar-refractivity contribution in [2.75, 3.05) is 36.5 Å². The third-order valence-electron chi connectivity index (χ3n) is 5.10. The van der Waals surface area contributed by atoms with Crippen LogP contribution >= 0.6 is 0 Å². The van der Waals surface area contributed by atoms with Gasteiger partial charge < -0.3 is 20.3 Å². The average Bonchev–Trinajstić information content (AvgIpc) is 2.83. The second-order valence-electron chi connectivity index (χ2n) is 7.41. The molecule has 0 aliphatic carbocycles. The van der Waals surface area contributed by atoms with Crippen molar-refractivity contribution in [3.63, 3.8) is 0 Å². The van der Waals surface area contributed by atoms with E-state index in [0.717, 1.165) is 36.6 Å². The highest BCUT2D eigenvalue weighted by molar-refractivity contribution is 5.99. The number of rotatable bonds is 6. The lowest BCUT2D eigenvalue weighted by Crippen LogP contribution is -2.36. The van der Waals surface area contributed by atoms with Crippen molar-refractivity contribution in [2.45, 2.75) is 12.7 Å². The molecule has 1 amide bonds. The van der Waals surface area contributed by atoms with Gasteiger partial charge in [0.1, 0.15) is 11.6 Å². The van der Waals surface area contributed by atoms with Gasteiger partial charge in [-0.15, -0.1) is 0 Å². The topological polar surface area (TPSA) is 79.4 Å². The molecule has 2 N–H and O–H groups in total. The van der Waals surface area contributed by atoms with Gasteiger partial charge in [-0.05, 0) is 42.0 Å². The molecule has 0 atom stereocenters. The summed E-state index contributed by atoms with van der Waals surface area (Å²) in [6, 6.07) is 11.7. The predicted octanol–water partition coefficient (Wildman–Crippen LogP) is 4.01. The first-order valence-corrected chi connectivity index (χ1v) is 10.4. The van der Waals surface area contributed by atoms with Crippen LogP contribution in [0.3, 0.4) is 0 Å². The zero-order valence-electron chi connectivity index (χ0n) is 17.6. The fraction of sp³-hybridized carbons (Fsp3) is 0.261. The van der Waals surface area contributed by atoms with Crippen LogP contribution in [0.5, 0.6) is 0 Å². The van der Waals surface area contributed by atoms with Gasteiger partial charge in [0.25, 0.3) is 5.91 Å². The van der Waals surface area contributed by atoms with E-state index in [4.69, 9.17) is 4.74 Å². The Morgan fingerprint density at radius 1 is 1.06 bits per heavy atom. The number of alkyl halides is 3. The van der Waals surface area contributed by atoms with Gasteiger partial charge in [0.2, 0.25) is 0 Å². The zero-order chi connectivity index (χ0) is 23.3. The van der Waals surface area contributed by atoms with E-state index in [2.05, 4.69) is 25.5 Å². The van der Waals surface area contributed by atoms with Crippen molar-refractivity contribution in [2.24, 2.45) is 0 Å². The van der Waals surface area contributed by atoms with Crippen LogP contribution in [0.15, 0.2) is 60.9 Å². The molecule has 3 heterocycles. The highest BCUT2D eigenvalue weighted by Gasteiger charge is 2.30. The predicted molar refractivity (Wildman–Crippen MR) is 117 cm³/mol. The minimum absolute atomic E-state index is 0.162. The molecule has 3 aromatic rings. The largest absolute Gasteiger partial charge is 0.416 e. The number of halogens is 3. The van der Waals surface area contributed by atoms with Crippen LogP contribution in [0.4, 0.5) is 30.5 Å². The summed E-state index contributed by atoms with van der Waals surface area (Å²) >= 11 is 0. The molecule has 7 nitrogen and oxygen atoms in total. The zero-order valence-corrected chi connectivity index (χ0v) is 17.6. The first-order valence-electron chi connectivity index (χ1n) is 10.4. The van der Waals surface area contributed by atoms with Crippen molar-refractivity contribution in [1.29, 1.82) is 0 Å². The first kappa shape index (κ1) is 22.5. The van der Waals surface area contributed by atoms with E-state index in [1.165, 1.54) is 18.3 Å². The van der Waals surface area contributed by atoms with Gasteiger partial charge in [-0.25, -0.2) is 9.97 Å². The van der Waals surface area contributed by atoms with Crippen LogP contribution in [-0.4, -0.2) is 42.2 Å². The number of anilines is 3. The average molecular weight is 457 g/mol. The summed E-state index contributed by atoms with van der Waals surface area (Å²) in [5.74, 6) is 0.609. The van der Waals surface area contributed by atoms with Crippen LogP contribution in [0.1, 0.15) is 21.5 Å². The van der Waals surface area contributed by atoms with Crippen LogP contribution in [-0.2, 0) is 17.5 Å². The summed E-state index contributed by atoms with van der Waals surface area (Å²) in [4.78, 5) is 23.5. The number of ether oxygens (including phenoxy) is 1. The van der Waals surface area contributed by atoms with Crippen molar-refractivity contribution in [1.82, 2.24) is 15.3 Å². The number of amides is 1. The van der Waals surface area contributed by atoms with E-state index in [1.807, 2.05) is 12.1 Å². The number of benzene rings is 1. The lowest BCUT2D eigenvalue weighted by molar-refractivity contribution is -0.137. The maximum atomic E-state index is 13.0. The normalized spacial score (nSPS) is 14.1.